The summed E-state index contributed by atoms with van der Waals surface area (Å²) in [7, 11) is 0. The van der Waals surface area contributed by atoms with E-state index in [1.165, 1.54) is 73.3 Å². The van der Waals surface area contributed by atoms with E-state index in [4.69, 9.17) is 9.98 Å². The van der Waals surface area contributed by atoms with Gasteiger partial charge in [0.1, 0.15) is 12.0 Å². The molecule has 57 heavy (non-hydrogen) atoms. The number of aromatic nitrogens is 1. The summed E-state index contributed by atoms with van der Waals surface area (Å²) < 4.78 is 7.42. The van der Waals surface area contributed by atoms with Gasteiger partial charge in [-0.3, -0.25) is 0 Å². The van der Waals surface area contributed by atoms with Gasteiger partial charge in [-0.1, -0.05) is 121 Å². The number of para-hydroxylation sites is 2. The molecule has 0 aliphatic carbocycles. The molecule has 0 saturated heterocycles. The molecule has 1 unspecified atom stereocenters. The number of amidine groups is 2. The van der Waals surface area contributed by atoms with E-state index in [-0.39, 0.29) is 6.17 Å². The Hall–Kier alpha value is -6.86. The highest BCUT2D eigenvalue weighted by molar-refractivity contribution is 7.26. The fraction of sp³-hybridized carbons (Fsp3) is 0.0196. The maximum absolute atomic E-state index is 5.35. The van der Waals surface area contributed by atoms with Gasteiger partial charge in [-0.05, 0) is 77.4 Å². The van der Waals surface area contributed by atoms with Gasteiger partial charge in [0.15, 0.2) is 5.84 Å². The van der Waals surface area contributed by atoms with Gasteiger partial charge in [-0.25, -0.2) is 9.98 Å². The summed E-state index contributed by atoms with van der Waals surface area (Å²) in [5.74, 6) is 1.56. The highest BCUT2D eigenvalue weighted by Crippen LogP contribution is 2.45. The minimum absolute atomic E-state index is 0.293. The lowest BCUT2D eigenvalue weighted by Crippen LogP contribution is -2.33. The van der Waals surface area contributed by atoms with Crippen molar-refractivity contribution in [2.75, 3.05) is 0 Å². The number of thiophene rings is 2. The monoisotopic (exact) mass is 764 g/mol. The van der Waals surface area contributed by atoms with E-state index in [2.05, 4.69) is 192 Å². The molecule has 0 bridgehead atoms. The molecule has 1 aliphatic heterocycles. The van der Waals surface area contributed by atoms with E-state index < -0.39 is 0 Å². The van der Waals surface area contributed by atoms with Crippen molar-refractivity contribution < 1.29 is 0 Å². The highest BCUT2D eigenvalue weighted by atomic mass is 32.1. The fourth-order valence-corrected chi connectivity index (χ4v) is 11.0. The molecule has 6 heteroatoms. The maximum Gasteiger partial charge on any atom is 0.160 e. The van der Waals surface area contributed by atoms with Crippen LogP contribution < -0.4 is 5.32 Å². The minimum atomic E-state index is -0.293. The summed E-state index contributed by atoms with van der Waals surface area (Å²) in [6.07, 6.45) is -0.293. The van der Waals surface area contributed by atoms with Crippen molar-refractivity contribution in [3.8, 4) is 16.8 Å². The quantitative estimate of drug-likeness (QED) is 0.186. The molecule has 4 nitrogen and oxygen atoms in total. The van der Waals surface area contributed by atoms with Gasteiger partial charge in [0.25, 0.3) is 0 Å². The fourth-order valence-electron chi connectivity index (χ4n) is 8.78. The van der Waals surface area contributed by atoms with Crippen molar-refractivity contribution in [2.45, 2.75) is 6.17 Å². The highest BCUT2D eigenvalue weighted by Gasteiger charge is 2.24. The first-order valence-electron chi connectivity index (χ1n) is 19.2. The maximum atomic E-state index is 5.35. The Morgan fingerprint density at radius 1 is 0.456 bits per heavy atom. The number of nitrogens with one attached hydrogen (secondary N) is 1. The largest absolute Gasteiger partial charge is 0.344 e. The predicted octanol–water partition coefficient (Wildman–Crippen LogP) is 13.7. The molecule has 0 fully saturated rings. The zero-order valence-electron chi connectivity index (χ0n) is 30.6. The molecule has 0 amide bonds. The summed E-state index contributed by atoms with van der Waals surface area (Å²) in [4.78, 5) is 10.6. The van der Waals surface area contributed by atoms with Crippen LogP contribution >= 0.6 is 22.7 Å². The topological polar surface area (TPSA) is 41.7 Å². The van der Waals surface area contributed by atoms with Crippen LogP contribution in [0.3, 0.4) is 0 Å². The Morgan fingerprint density at radius 2 is 1.05 bits per heavy atom. The number of rotatable bonds is 5. The summed E-state index contributed by atoms with van der Waals surface area (Å²) >= 11 is 3.67. The van der Waals surface area contributed by atoms with Crippen molar-refractivity contribution in [1.82, 2.24) is 9.88 Å². The molecule has 3 aromatic heterocycles. The molecule has 1 N–H and O–H groups in total. The van der Waals surface area contributed by atoms with Crippen LogP contribution in [0.25, 0.3) is 79.0 Å². The zero-order valence-corrected chi connectivity index (χ0v) is 32.2. The molecule has 1 atom stereocenters. The lowest BCUT2D eigenvalue weighted by atomic mass is 9.95. The van der Waals surface area contributed by atoms with Gasteiger partial charge in [0, 0.05) is 67.9 Å². The third kappa shape index (κ3) is 5.11. The third-order valence-electron chi connectivity index (χ3n) is 11.3. The van der Waals surface area contributed by atoms with Crippen LogP contribution in [0.2, 0.25) is 0 Å². The van der Waals surface area contributed by atoms with Crippen LogP contribution in [0.1, 0.15) is 22.9 Å². The molecule has 8 aromatic carbocycles. The summed E-state index contributed by atoms with van der Waals surface area (Å²) in [5.41, 5.74) is 9.21. The number of hydrogen-bond acceptors (Lipinski definition) is 5. The second-order valence-corrected chi connectivity index (χ2v) is 16.7. The van der Waals surface area contributed by atoms with Crippen LogP contribution in [0.5, 0.6) is 0 Å². The van der Waals surface area contributed by atoms with E-state index in [0.717, 1.165) is 34.0 Å². The molecule has 11 aromatic rings. The van der Waals surface area contributed by atoms with Gasteiger partial charge in [-0.15, -0.1) is 22.7 Å². The van der Waals surface area contributed by atoms with Crippen molar-refractivity contribution in [3.05, 3.63) is 199 Å². The molecular weight excluding hydrogens is 733 g/mol. The van der Waals surface area contributed by atoms with E-state index in [9.17, 15) is 0 Å². The van der Waals surface area contributed by atoms with Gasteiger partial charge in [0.2, 0.25) is 0 Å². The number of fused-ring (bicyclic) bond motifs is 9. The predicted molar refractivity (Wildman–Crippen MR) is 244 cm³/mol. The van der Waals surface area contributed by atoms with Gasteiger partial charge in [0.05, 0.1) is 11.0 Å². The van der Waals surface area contributed by atoms with Crippen LogP contribution in [0.4, 0.5) is 0 Å². The average molecular weight is 765 g/mol. The first-order valence-corrected chi connectivity index (χ1v) is 20.8. The van der Waals surface area contributed by atoms with Crippen LogP contribution in [-0.2, 0) is 0 Å². The standard InChI is InChI=1S/C51H32N4S2/c1-3-14-31(15-4-1)49-52-50(54-51(53-49)38-22-13-27-45-48(38)37-19-8-10-25-42(37)56-45)32-28-29-43-39(30-32)47-35(21-12-26-44(47)57-43)34-20-11-24-41-46(34)36-18-7-9-23-40(36)55(41)33-16-5-2-6-17-33/h1-30,49H,(H,52,53,54). The van der Waals surface area contributed by atoms with Gasteiger partial charge >= 0.3 is 0 Å². The SMILES string of the molecule is c1ccc(C2N=C(c3cccc4sc5ccccc5c34)N=C(c3ccc4sc5cccc(-c6cccc7c6c6ccccc6n7-c6ccccc6)c5c4c3)N2)cc1. The van der Waals surface area contributed by atoms with Crippen molar-refractivity contribution >= 4 is 96.5 Å². The van der Waals surface area contributed by atoms with E-state index in [1.807, 2.05) is 22.7 Å². The average Bonchev–Trinajstić information content (AvgIpc) is 3.96. The second kappa shape index (κ2) is 12.8. The van der Waals surface area contributed by atoms with Crippen LogP contribution in [-0.4, -0.2) is 16.2 Å². The molecule has 0 radical (unpaired) electrons. The van der Waals surface area contributed by atoms with Crippen molar-refractivity contribution in [1.29, 1.82) is 0 Å². The molecule has 0 spiro atoms. The van der Waals surface area contributed by atoms with E-state index in [0.29, 0.717) is 0 Å². The van der Waals surface area contributed by atoms with E-state index in [1.54, 1.807) is 0 Å². The minimum Gasteiger partial charge on any atom is -0.344 e. The van der Waals surface area contributed by atoms with E-state index >= 15 is 0 Å². The van der Waals surface area contributed by atoms with Gasteiger partial charge in [-0.2, -0.15) is 0 Å². The molecule has 268 valence electrons. The van der Waals surface area contributed by atoms with Crippen LogP contribution in [0, 0.1) is 0 Å². The normalized spacial score (nSPS) is 14.5. The summed E-state index contributed by atoms with van der Waals surface area (Å²) in [6, 6.07) is 65.4. The van der Waals surface area contributed by atoms with Crippen molar-refractivity contribution in [3.63, 3.8) is 0 Å². The zero-order chi connectivity index (χ0) is 37.5. The number of nitrogens with zero attached hydrogens (tertiary/aromatic N) is 3. The molecule has 4 heterocycles. The Balaban J connectivity index is 1.06. The Labute approximate surface area is 336 Å². The van der Waals surface area contributed by atoms with Crippen LogP contribution in [0.15, 0.2) is 192 Å². The Bertz CT molecular complexity index is 3440. The Kier molecular flexibility index (Phi) is 7.30. The molecule has 12 rings (SSSR count). The molecule has 1 aliphatic rings. The number of aliphatic imine (C=N–C) groups is 2. The summed E-state index contributed by atoms with van der Waals surface area (Å²) in [6.45, 7) is 0. The molecule has 0 saturated carbocycles. The first-order chi connectivity index (χ1) is 28.3. The number of benzene rings is 8. The lowest BCUT2D eigenvalue weighted by Gasteiger charge is -2.24. The second-order valence-electron chi connectivity index (χ2n) is 14.5. The van der Waals surface area contributed by atoms with Gasteiger partial charge < -0.3 is 9.88 Å². The smallest absolute Gasteiger partial charge is 0.160 e. The lowest BCUT2D eigenvalue weighted by molar-refractivity contribution is 0.674. The Morgan fingerprint density at radius 3 is 1.86 bits per heavy atom. The van der Waals surface area contributed by atoms with Crippen molar-refractivity contribution in [2.24, 2.45) is 9.98 Å². The third-order valence-corrected chi connectivity index (χ3v) is 13.5. The molecular formula is C51H32N4S2. The first kappa shape index (κ1) is 32.4. The number of hydrogen-bond donors (Lipinski definition) is 1. The summed E-state index contributed by atoms with van der Waals surface area (Å²) in [5, 5.41) is 11.2.